The van der Waals surface area contributed by atoms with E-state index in [-0.39, 0.29) is 36.0 Å². The van der Waals surface area contributed by atoms with Crippen LogP contribution in [0.25, 0.3) is 0 Å². The van der Waals surface area contributed by atoms with Crippen LogP contribution >= 0.6 is 0 Å². The standard InChI is InChI=1S/C22H24N4O2/c27-20-23-18(14-8-3-1-4-9-14)16-12-7-13-17-19(15-10-5-2-6-11-15)24-21(28)26-22(16,17)25-20/h1-6,8-11,16-19H,7,12-13H2,(H2,23,25,27)(H2,24,26,28)/t16-,17+,18+,19-,22?. The van der Waals surface area contributed by atoms with Gasteiger partial charge < -0.3 is 21.3 Å². The van der Waals surface area contributed by atoms with Crippen LogP contribution in [0.3, 0.4) is 0 Å². The molecule has 4 N–H and O–H groups in total. The highest BCUT2D eigenvalue weighted by molar-refractivity contribution is 5.81. The molecule has 5 atom stereocenters. The van der Waals surface area contributed by atoms with Gasteiger partial charge in [0.2, 0.25) is 0 Å². The maximum atomic E-state index is 12.7. The van der Waals surface area contributed by atoms with Gasteiger partial charge in [0.25, 0.3) is 0 Å². The Morgan fingerprint density at radius 1 is 0.679 bits per heavy atom. The third-order valence-electron chi connectivity index (χ3n) is 6.54. The summed E-state index contributed by atoms with van der Waals surface area (Å²) >= 11 is 0. The van der Waals surface area contributed by atoms with Crippen LogP contribution in [0, 0.1) is 11.8 Å². The van der Waals surface area contributed by atoms with Gasteiger partial charge in [-0.3, -0.25) is 0 Å². The van der Waals surface area contributed by atoms with Gasteiger partial charge in [-0.1, -0.05) is 67.1 Å². The van der Waals surface area contributed by atoms with Crippen molar-refractivity contribution in [3.63, 3.8) is 0 Å². The van der Waals surface area contributed by atoms with E-state index in [0.717, 1.165) is 30.4 Å². The Labute approximate surface area is 164 Å². The average Bonchev–Trinajstić information content (AvgIpc) is 2.72. The van der Waals surface area contributed by atoms with Gasteiger partial charge in [-0.15, -0.1) is 0 Å². The van der Waals surface area contributed by atoms with Crippen molar-refractivity contribution in [3.05, 3.63) is 71.8 Å². The molecular weight excluding hydrogens is 352 g/mol. The van der Waals surface area contributed by atoms with Crippen molar-refractivity contribution in [1.29, 1.82) is 0 Å². The highest BCUT2D eigenvalue weighted by Crippen LogP contribution is 2.50. The number of urea groups is 2. The minimum absolute atomic E-state index is 0.0728. The van der Waals surface area contributed by atoms with Crippen LogP contribution in [0.5, 0.6) is 0 Å². The lowest BCUT2D eigenvalue weighted by Gasteiger charge is -2.59. The second-order valence-corrected chi connectivity index (χ2v) is 7.99. The molecule has 144 valence electrons. The zero-order chi connectivity index (χ0) is 19.1. The van der Waals surface area contributed by atoms with Crippen LogP contribution in [-0.4, -0.2) is 17.7 Å². The molecule has 0 radical (unpaired) electrons. The van der Waals surface area contributed by atoms with E-state index in [1.54, 1.807) is 0 Å². The third-order valence-corrected chi connectivity index (χ3v) is 6.54. The van der Waals surface area contributed by atoms with E-state index in [4.69, 9.17) is 0 Å². The molecule has 1 unspecified atom stereocenters. The van der Waals surface area contributed by atoms with Crippen LogP contribution in [0.4, 0.5) is 9.59 Å². The summed E-state index contributed by atoms with van der Waals surface area (Å²) < 4.78 is 0. The van der Waals surface area contributed by atoms with Gasteiger partial charge in [0.1, 0.15) is 5.66 Å². The van der Waals surface area contributed by atoms with Crippen molar-refractivity contribution in [1.82, 2.24) is 21.3 Å². The van der Waals surface area contributed by atoms with E-state index in [1.807, 2.05) is 60.7 Å². The fraction of sp³-hybridized carbons (Fsp3) is 0.364. The average molecular weight is 376 g/mol. The summed E-state index contributed by atoms with van der Waals surface area (Å²) in [5, 5.41) is 12.5. The maximum Gasteiger partial charge on any atom is 0.317 e. The van der Waals surface area contributed by atoms with Gasteiger partial charge in [-0.25, -0.2) is 9.59 Å². The van der Waals surface area contributed by atoms with Crippen molar-refractivity contribution in [3.8, 4) is 0 Å². The Morgan fingerprint density at radius 2 is 1.11 bits per heavy atom. The number of amides is 4. The summed E-state index contributed by atoms with van der Waals surface area (Å²) in [5.41, 5.74) is 1.39. The molecule has 2 aromatic carbocycles. The minimum atomic E-state index is -0.760. The number of hydrogen-bond donors (Lipinski definition) is 4. The first-order valence-corrected chi connectivity index (χ1v) is 9.94. The highest BCUT2D eigenvalue weighted by atomic mass is 16.2. The predicted molar refractivity (Wildman–Crippen MR) is 105 cm³/mol. The molecule has 0 bridgehead atoms. The van der Waals surface area contributed by atoms with Crippen molar-refractivity contribution in [2.75, 3.05) is 0 Å². The molecule has 0 aromatic heterocycles. The molecule has 2 aliphatic heterocycles. The molecule has 1 aliphatic carbocycles. The largest absolute Gasteiger partial charge is 0.331 e. The van der Waals surface area contributed by atoms with Gasteiger partial charge in [0.15, 0.2) is 0 Å². The maximum absolute atomic E-state index is 12.7. The molecule has 6 nitrogen and oxygen atoms in total. The molecule has 4 amide bonds. The topological polar surface area (TPSA) is 82.3 Å². The van der Waals surface area contributed by atoms with Crippen molar-refractivity contribution < 1.29 is 9.59 Å². The van der Waals surface area contributed by atoms with Crippen molar-refractivity contribution in [2.45, 2.75) is 37.0 Å². The Bertz CT molecular complexity index is 812. The first-order chi connectivity index (χ1) is 13.7. The molecule has 2 aromatic rings. The molecule has 2 heterocycles. The summed E-state index contributed by atoms with van der Waals surface area (Å²) in [5.74, 6) is 0.146. The fourth-order valence-corrected chi connectivity index (χ4v) is 5.43. The van der Waals surface area contributed by atoms with Gasteiger partial charge in [0.05, 0.1) is 12.1 Å². The number of rotatable bonds is 2. The molecular formula is C22H24N4O2. The van der Waals surface area contributed by atoms with Crippen LogP contribution in [0.2, 0.25) is 0 Å². The Hall–Kier alpha value is -3.02. The number of hydrogen-bond acceptors (Lipinski definition) is 2. The molecule has 2 saturated heterocycles. The Kier molecular flexibility index (Phi) is 4.00. The lowest BCUT2D eigenvalue weighted by Crippen LogP contribution is -2.80. The van der Waals surface area contributed by atoms with Gasteiger partial charge in [0, 0.05) is 11.8 Å². The van der Waals surface area contributed by atoms with E-state index >= 15 is 0 Å². The monoisotopic (exact) mass is 376 g/mol. The normalized spacial score (nSPS) is 34.0. The fourth-order valence-electron chi connectivity index (χ4n) is 5.43. The summed E-state index contributed by atoms with van der Waals surface area (Å²) in [6, 6.07) is 19.4. The van der Waals surface area contributed by atoms with Gasteiger partial charge in [-0.05, 0) is 24.0 Å². The van der Waals surface area contributed by atoms with E-state index in [0.29, 0.717) is 0 Å². The molecule has 1 saturated carbocycles. The second-order valence-electron chi connectivity index (χ2n) is 7.99. The lowest BCUT2D eigenvalue weighted by molar-refractivity contribution is -0.0123. The Morgan fingerprint density at radius 3 is 1.54 bits per heavy atom. The SMILES string of the molecule is O=C1N[C@H](c2ccccc2)[C@@H]2CCC[C@@H]3[C@H](c4ccccc4)NC(=O)NC32N1. The zero-order valence-corrected chi connectivity index (χ0v) is 15.5. The summed E-state index contributed by atoms with van der Waals surface area (Å²) in [6.07, 6.45) is 2.93. The molecule has 28 heavy (non-hydrogen) atoms. The first kappa shape index (κ1) is 17.1. The van der Waals surface area contributed by atoms with E-state index in [1.165, 1.54) is 0 Å². The van der Waals surface area contributed by atoms with Crippen molar-refractivity contribution in [2.24, 2.45) is 11.8 Å². The summed E-state index contributed by atoms with van der Waals surface area (Å²) in [7, 11) is 0. The zero-order valence-electron chi connectivity index (χ0n) is 15.5. The molecule has 5 rings (SSSR count). The van der Waals surface area contributed by atoms with Gasteiger partial charge in [-0.2, -0.15) is 0 Å². The smallest absolute Gasteiger partial charge is 0.317 e. The second kappa shape index (κ2) is 6.55. The quantitative estimate of drug-likeness (QED) is 0.649. The number of benzene rings is 2. The third kappa shape index (κ3) is 2.63. The van der Waals surface area contributed by atoms with Crippen LogP contribution in [-0.2, 0) is 0 Å². The van der Waals surface area contributed by atoms with Crippen LogP contribution in [0.15, 0.2) is 60.7 Å². The van der Waals surface area contributed by atoms with E-state index in [2.05, 4.69) is 21.3 Å². The van der Waals surface area contributed by atoms with E-state index < -0.39 is 5.66 Å². The molecule has 6 heteroatoms. The molecule has 3 aliphatic rings. The van der Waals surface area contributed by atoms with Crippen LogP contribution < -0.4 is 21.3 Å². The molecule has 1 spiro atoms. The number of carbonyl (C=O) groups excluding carboxylic acids is 2. The number of carbonyl (C=O) groups is 2. The van der Waals surface area contributed by atoms with Gasteiger partial charge >= 0.3 is 12.1 Å². The minimum Gasteiger partial charge on any atom is -0.331 e. The number of nitrogens with one attached hydrogen (secondary N) is 4. The summed E-state index contributed by atoms with van der Waals surface area (Å²) in [6.45, 7) is 0. The van der Waals surface area contributed by atoms with Crippen LogP contribution in [0.1, 0.15) is 42.5 Å². The Balaban J connectivity index is 1.59. The first-order valence-electron chi connectivity index (χ1n) is 9.94. The lowest BCUT2D eigenvalue weighted by atomic mass is 9.62. The van der Waals surface area contributed by atoms with E-state index in [9.17, 15) is 9.59 Å². The summed E-state index contributed by atoms with van der Waals surface area (Å²) in [4.78, 5) is 25.4. The van der Waals surface area contributed by atoms with Crippen molar-refractivity contribution >= 4 is 12.1 Å². The molecule has 3 fully saturated rings. The predicted octanol–water partition coefficient (Wildman–Crippen LogP) is 3.21. The highest BCUT2D eigenvalue weighted by Gasteiger charge is 2.60.